The lowest BCUT2D eigenvalue weighted by molar-refractivity contribution is 0.296. The number of nitrogens with zero attached hydrogens (tertiary/aromatic N) is 1. The second-order valence-corrected chi connectivity index (χ2v) is 10.5. The Morgan fingerprint density at radius 3 is 2.67 bits per heavy atom. The van der Waals surface area contributed by atoms with Crippen molar-refractivity contribution in [2.45, 2.75) is 58.8 Å². The summed E-state index contributed by atoms with van der Waals surface area (Å²) in [6.45, 7) is 12.9. The molecule has 1 unspecified atom stereocenters. The molecule has 0 aromatic heterocycles. The van der Waals surface area contributed by atoms with Crippen molar-refractivity contribution in [3.05, 3.63) is 29.3 Å². The van der Waals surface area contributed by atoms with Gasteiger partial charge in [0.2, 0.25) is 0 Å². The Kier molecular flexibility index (Phi) is 8.14. The third-order valence-corrected chi connectivity index (χ3v) is 6.35. The smallest absolute Gasteiger partial charge is 0.191 e. The molecule has 0 bridgehead atoms. The molecule has 1 saturated carbocycles. The van der Waals surface area contributed by atoms with Crippen molar-refractivity contribution >= 4 is 16.8 Å². The Hall–Kier alpha value is -1.56. The quantitative estimate of drug-likeness (QED) is 0.499. The Balaban J connectivity index is 1.95. The fourth-order valence-corrected chi connectivity index (χ4v) is 3.39. The van der Waals surface area contributed by atoms with Crippen LogP contribution in [-0.4, -0.2) is 40.4 Å². The molecule has 27 heavy (non-hydrogen) atoms. The van der Waals surface area contributed by atoms with Crippen LogP contribution < -0.4 is 15.4 Å². The Labute approximate surface area is 166 Å². The molecular weight excluding hydrogens is 358 g/mol. The maximum absolute atomic E-state index is 12.2. The van der Waals surface area contributed by atoms with Gasteiger partial charge in [0.15, 0.2) is 5.96 Å². The van der Waals surface area contributed by atoms with Crippen LogP contribution in [-0.2, 0) is 17.3 Å². The summed E-state index contributed by atoms with van der Waals surface area (Å²) in [6.07, 6.45) is 2.56. The van der Waals surface area contributed by atoms with E-state index in [-0.39, 0.29) is 4.75 Å². The molecular formula is C21H35N3O2S. The zero-order chi connectivity index (χ0) is 19.9. The van der Waals surface area contributed by atoms with Crippen LogP contribution in [0.15, 0.2) is 23.2 Å². The van der Waals surface area contributed by atoms with Crippen molar-refractivity contribution in [2.75, 3.05) is 25.4 Å². The lowest BCUT2D eigenvalue weighted by atomic mass is 10.1. The van der Waals surface area contributed by atoms with Crippen molar-refractivity contribution in [1.82, 2.24) is 10.6 Å². The van der Waals surface area contributed by atoms with Crippen molar-refractivity contribution in [2.24, 2.45) is 10.9 Å². The van der Waals surface area contributed by atoms with Gasteiger partial charge >= 0.3 is 0 Å². The molecule has 1 aromatic rings. The first-order chi connectivity index (χ1) is 12.8. The second kappa shape index (κ2) is 10.1. The molecule has 152 valence electrons. The first-order valence-electron chi connectivity index (χ1n) is 9.92. The van der Waals surface area contributed by atoms with Gasteiger partial charge in [0.05, 0.1) is 13.2 Å². The van der Waals surface area contributed by atoms with E-state index in [1.165, 1.54) is 18.4 Å². The van der Waals surface area contributed by atoms with E-state index in [0.29, 0.717) is 18.8 Å². The summed E-state index contributed by atoms with van der Waals surface area (Å²) in [5.74, 6) is 3.02. The van der Waals surface area contributed by atoms with Crippen molar-refractivity contribution in [3.8, 4) is 5.75 Å². The normalized spacial score (nSPS) is 16.1. The first kappa shape index (κ1) is 21.7. The van der Waals surface area contributed by atoms with E-state index in [9.17, 15) is 4.21 Å². The molecule has 1 fully saturated rings. The average Bonchev–Trinajstić information content (AvgIpc) is 3.42. The lowest BCUT2D eigenvalue weighted by Crippen LogP contribution is -2.40. The van der Waals surface area contributed by atoms with Gasteiger partial charge in [0, 0.05) is 40.0 Å². The van der Waals surface area contributed by atoms with Crippen LogP contribution in [0, 0.1) is 12.8 Å². The van der Waals surface area contributed by atoms with Gasteiger partial charge < -0.3 is 15.4 Å². The van der Waals surface area contributed by atoms with Gasteiger partial charge in [-0.1, -0.05) is 12.1 Å². The fourth-order valence-electron chi connectivity index (χ4n) is 2.49. The summed E-state index contributed by atoms with van der Waals surface area (Å²) in [6, 6.07) is 6.29. The van der Waals surface area contributed by atoms with E-state index in [0.717, 1.165) is 36.3 Å². The van der Waals surface area contributed by atoms with Crippen LogP contribution in [0.5, 0.6) is 5.75 Å². The summed E-state index contributed by atoms with van der Waals surface area (Å²) < 4.78 is 18.0. The molecule has 6 heteroatoms. The zero-order valence-corrected chi connectivity index (χ0v) is 18.2. The predicted octanol–water partition coefficient (Wildman–Crippen LogP) is 3.39. The number of aryl methyl sites for hydroxylation is 1. The van der Waals surface area contributed by atoms with Crippen LogP contribution in [0.3, 0.4) is 0 Å². The van der Waals surface area contributed by atoms with Crippen molar-refractivity contribution < 1.29 is 8.95 Å². The highest BCUT2D eigenvalue weighted by Gasteiger charge is 2.22. The van der Waals surface area contributed by atoms with Gasteiger partial charge in [-0.25, -0.2) is 4.99 Å². The Morgan fingerprint density at radius 2 is 2.04 bits per heavy atom. The highest BCUT2D eigenvalue weighted by atomic mass is 32.2. The van der Waals surface area contributed by atoms with Gasteiger partial charge in [-0.3, -0.25) is 4.21 Å². The molecule has 0 saturated heterocycles. The summed E-state index contributed by atoms with van der Waals surface area (Å²) in [5, 5.41) is 6.55. The van der Waals surface area contributed by atoms with Crippen LogP contribution in [0.1, 0.15) is 51.7 Å². The average molecular weight is 394 g/mol. The van der Waals surface area contributed by atoms with Crippen LogP contribution in [0.4, 0.5) is 0 Å². The molecule has 1 aliphatic carbocycles. The number of hydrogen-bond donors (Lipinski definition) is 2. The number of aliphatic imine (C=N–C) groups is 1. The summed E-state index contributed by atoms with van der Waals surface area (Å²) in [7, 11) is -0.871. The van der Waals surface area contributed by atoms with E-state index in [2.05, 4.69) is 35.8 Å². The minimum absolute atomic E-state index is 0.188. The maximum Gasteiger partial charge on any atom is 0.191 e. The van der Waals surface area contributed by atoms with Crippen molar-refractivity contribution in [1.29, 1.82) is 0 Å². The molecule has 2 N–H and O–H groups in total. The lowest BCUT2D eigenvalue weighted by Gasteiger charge is -2.18. The van der Waals surface area contributed by atoms with Gasteiger partial charge in [0.1, 0.15) is 5.75 Å². The SMILES string of the molecule is CCNC(=NCc1ccc(C)cc1OCC1CC1)NCCS(=O)C(C)(C)C. The van der Waals surface area contributed by atoms with E-state index >= 15 is 0 Å². The minimum Gasteiger partial charge on any atom is -0.493 e. The number of nitrogens with one attached hydrogen (secondary N) is 2. The van der Waals surface area contributed by atoms with Crippen LogP contribution in [0.2, 0.25) is 0 Å². The molecule has 0 spiro atoms. The van der Waals surface area contributed by atoms with Gasteiger partial charge in [-0.2, -0.15) is 0 Å². The van der Waals surface area contributed by atoms with Gasteiger partial charge in [0.25, 0.3) is 0 Å². The molecule has 2 rings (SSSR count). The molecule has 0 amide bonds. The fraction of sp³-hybridized carbons (Fsp3) is 0.667. The van der Waals surface area contributed by atoms with Crippen LogP contribution >= 0.6 is 0 Å². The number of benzene rings is 1. The van der Waals surface area contributed by atoms with E-state index < -0.39 is 10.8 Å². The minimum atomic E-state index is -0.871. The van der Waals surface area contributed by atoms with Gasteiger partial charge in [-0.05, 0) is 65.0 Å². The number of hydrogen-bond acceptors (Lipinski definition) is 3. The molecule has 1 atom stereocenters. The predicted molar refractivity (Wildman–Crippen MR) is 115 cm³/mol. The largest absolute Gasteiger partial charge is 0.493 e. The topological polar surface area (TPSA) is 62.7 Å². The van der Waals surface area contributed by atoms with Gasteiger partial charge in [-0.15, -0.1) is 0 Å². The van der Waals surface area contributed by atoms with E-state index in [1.54, 1.807) is 0 Å². The standard InChI is InChI=1S/C21H35N3O2S/c1-6-22-20(23-11-12-27(25)21(3,4)5)24-14-18-10-7-16(2)13-19(18)26-15-17-8-9-17/h7,10,13,17H,6,8-9,11-12,14-15H2,1-5H3,(H2,22,23,24). The summed E-state index contributed by atoms with van der Waals surface area (Å²) in [5.41, 5.74) is 2.29. The number of guanidine groups is 1. The van der Waals surface area contributed by atoms with Crippen LogP contribution in [0.25, 0.3) is 0 Å². The summed E-state index contributed by atoms with van der Waals surface area (Å²) in [4.78, 5) is 4.69. The van der Waals surface area contributed by atoms with Crippen molar-refractivity contribution in [3.63, 3.8) is 0 Å². The Morgan fingerprint density at radius 1 is 1.30 bits per heavy atom. The number of ether oxygens (including phenoxy) is 1. The third-order valence-electron chi connectivity index (χ3n) is 4.41. The molecule has 1 aliphatic rings. The second-order valence-electron chi connectivity index (χ2n) is 8.15. The molecule has 5 nitrogen and oxygen atoms in total. The zero-order valence-electron chi connectivity index (χ0n) is 17.4. The maximum atomic E-state index is 12.2. The molecule has 0 aliphatic heterocycles. The highest BCUT2D eigenvalue weighted by Crippen LogP contribution is 2.30. The molecule has 0 radical (unpaired) electrons. The van der Waals surface area contributed by atoms with E-state index in [1.807, 2.05) is 27.7 Å². The first-order valence-corrected chi connectivity index (χ1v) is 11.2. The van der Waals surface area contributed by atoms with E-state index in [4.69, 9.17) is 9.73 Å². The molecule has 0 heterocycles. The summed E-state index contributed by atoms with van der Waals surface area (Å²) >= 11 is 0. The molecule has 1 aromatic carbocycles. The Bertz CT molecular complexity index is 664. The highest BCUT2D eigenvalue weighted by molar-refractivity contribution is 7.86. The monoisotopic (exact) mass is 393 g/mol. The number of rotatable bonds is 9. The third kappa shape index (κ3) is 7.91.